The number of hydrogen-bond acceptors (Lipinski definition) is 15. The molecule has 0 amide bonds. The fourth-order valence-corrected chi connectivity index (χ4v) is 16.3. The third-order valence-electron chi connectivity index (χ3n) is 20.6. The third-order valence-corrected chi connectivity index (χ3v) is 22.7. The van der Waals surface area contributed by atoms with Gasteiger partial charge in [0.2, 0.25) is 0 Å². The summed E-state index contributed by atoms with van der Waals surface area (Å²) in [6, 6.07) is 100. The zero-order valence-electron chi connectivity index (χ0n) is 69.9. The summed E-state index contributed by atoms with van der Waals surface area (Å²) < 4.78 is 43.9. The average Bonchev–Trinajstić information content (AvgIpc) is 1.27. The molecule has 1 aliphatic carbocycles. The van der Waals surface area contributed by atoms with Crippen molar-refractivity contribution in [2.45, 2.75) is 19.3 Å². The molecule has 0 spiro atoms. The average molecular weight is 1910 g/mol. The van der Waals surface area contributed by atoms with Crippen LogP contribution in [0.1, 0.15) is 31.8 Å². The Bertz CT molecular complexity index is 7690. The molecule has 1 aliphatic rings. The molecule has 0 aliphatic heterocycles. The van der Waals surface area contributed by atoms with Crippen LogP contribution in [0.3, 0.4) is 0 Å². The maximum Gasteiger partial charge on any atom is 0.199 e. The third kappa shape index (κ3) is 17.3. The van der Waals surface area contributed by atoms with Crippen molar-refractivity contribution >= 4 is 146 Å². The molecule has 10 aromatic heterocycles. The summed E-state index contributed by atoms with van der Waals surface area (Å²) in [4.78, 5) is 67.3. The van der Waals surface area contributed by atoms with Crippen LogP contribution in [0.25, 0.3) is 178 Å². The topological polar surface area (TPSA) is 193 Å². The lowest BCUT2D eigenvalue weighted by molar-refractivity contribution is 0.660. The first kappa shape index (κ1) is 73.7. The highest BCUT2D eigenvalue weighted by atomic mass is 79.9. The molecule has 0 atom stereocenters. The van der Waals surface area contributed by atoms with Crippen molar-refractivity contribution in [1.82, 2.24) is 74.8 Å². The Morgan fingerprint density at radius 2 is 0.590 bits per heavy atom. The van der Waals surface area contributed by atoms with E-state index in [-0.39, 0.29) is 28.8 Å². The molecule has 0 radical (unpaired) electrons. The zero-order valence-corrected chi connectivity index (χ0v) is 72.8. The predicted molar refractivity (Wildman–Crippen MR) is 509 cm³/mol. The Hall–Kier alpha value is -13.5. The molecule has 20 heteroatoms. The van der Waals surface area contributed by atoms with Crippen LogP contribution >= 0.6 is 79.6 Å². The number of pyridine rings is 5. The summed E-state index contributed by atoms with van der Waals surface area (Å²) in [5, 5.41) is 6.74. The van der Waals surface area contributed by atoms with Crippen LogP contribution in [-0.2, 0) is 5.41 Å². The quantitative estimate of drug-likeness (QED) is 0.124. The highest BCUT2D eigenvalue weighted by Gasteiger charge is 2.35. The first-order chi connectivity index (χ1) is 61.8. The Morgan fingerprint density at radius 3 is 1.06 bits per heavy atom. The summed E-state index contributed by atoms with van der Waals surface area (Å²) in [6.07, 6.45) is 8.60. The molecular weight excluding hydrogens is 1830 g/mol. The first-order valence-electron chi connectivity index (χ1n) is 41.1. The van der Waals surface area contributed by atoms with E-state index in [0.717, 1.165) is 97.8 Å². The zero-order chi connectivity index (χ0) is 87.4. The van der Waals surface area contributed by atoms with Crippen molar-refractivity contribution in [3.63, 3.8) is 0 Å². The van der Waals surface area contributed by atoms with E-state index in [9.17, 15) is 0 Å². The van der Waals surface area contributed by atoms with Crippen LogP contribution in [0.4, 0.5) is 0 Å². The second-order valence-corrected chi connectivity index (χ2v) is 32.6. The van der Waals surface area contributed by atoms with Gasteiger partial charge in [-0.05, 0) is 218 Å². The van der Waals surface area contributed by atoms with Crippen LogP contribution in [0.5, 0.6) is 0 Å². The van der Waals surface area contributed by atoms with E-state index in [1.807, 2.05) is 140 Å². The number of fused-ring (bicyclic) bond motifs is 9. The molecule has 0 saturated carbocycles. The van der Waals surface area contributed by atoms with Crippen molar-refractivity contribution in [2.24, 2.45) is 0 Å². The minimum atomic E-state index is -0.441. The lowest BCUT2D eigenvalue weighted by Gasteiger charge is -2.22. The van der Waals surface area contributed by atoms with Gasteiger partial charge in [0.15, 0.2) is 54.1 Å². The van der Waals surface area contributed by atoms with Crippen molar-refractivity contribution in [2.75, 3.05) is 0 Å². The van der Waals surface area contributed by atoms with Crippen LogP contribution in [-0.4, -0.2) is 74.8 Å². The highest BCUT2D eigenvalue weighted by Crippen LogP contribution is 2.50. The van der Waals surface area contributed by atoms with E-state index in [2.05, 4.69) is 310 Å². The SMILES string of the molecule is Brc1ccc(-c2nc(-c3ccccc3)c3cccnc3n2)cc1.Brc1nc(-c2cc(-c3ccccc3)cc(-c3ccccc3)c2)c2cccnc2n1.Brc1nc(-c2ccc3ccccc3c2)c2cccnc2n1.CC1(C)c2ccccc2-c2ccc(-c3nc(Br)nc4ncccc34)cc21.[2H]c1c([2H])c([2H])c(-c2nc(-c3ccc(Br)cc3)nc3ncccc23)c([2H])c1[2H]. The van der Waals surface area contributed by atoms with E-state index in [1.165, 1.54) is 44.2 Å². The molecule has 11 aromatic carbocycles. The number of nitrogens with zero attached hydrogens (tertiary/aromatic N) is 15. The van der Waals surface area contributed by atoms with Gasteiger partial charge < -0.3 is 0 Å². The molecule has 10 heterocycles. The summed E-state index contributed by atoms with van der Waals surface area (Å²) in [7, 11) is 0. The Balaban J connectivity index is 0.000000108. The number of halogens is 5. The summed E-state index contributed by atoms with van der Waals surface area (Å²) >= 11 is 17.1. The van der Waals surface area contributed by atoms with Crippen molar-refractivity contribution in [3.05, 3.63) is 399 Å². The molecule has 15 nitrogen and oxygen atoms in total. The normalized spacial score (nSPS) is 12.2. The van der Waals surface area contributed by atoms with Crippen LogP contribution in [0, 0.1) is 0 Å². The fourth-order valence-electron chi connectivity index (χ4n) is 14.8. The molecule has 0 fully saturated rings. The summed E-state index contributed by atoms with van der Waals surface area (Å²) in [5.41, 5.74) is 22.9. The number of hydrogen-bond donors (Lipinski definition) is 0. The second kappa shape index (κ2) is 35.8. The lowest BCUT2D eigenvalue weighted by atomic mass is 9.82. The van der Waals surface area contributed by atoms with Gasteiger partial charge in [-0.15, -0.1) is 0 Å². The fraction of sp³-hybridized carbons (Fsp3) is 0.0294. The molecular formula is C102H66Br5N15. The molecule has 0 N–H and O–H groups in total. The van der Waals surface area contributed by atoms with Gasteiger partial charge in [0, 0.05) is 111 Å². The summed E-state index contributed by atoms with van der Waals surface area (Å²) in [5.74, 6) is 1.04. The van der Waals surface area contributed by atoms with E-state index in [0.29, 0.717) is 59.5 Å². The predicted octanol–water partition coefficient (Wildman–Crippen LogP) is 27.4. The van der Waals surface area contributed by atoms with Gasteiger partial charge in [-0.1, -0.05) is 264 Å². The maximum atomic E-state index is 8.29. The van der Waals surface area contributed by atoms with Gasteiger partial charge in [-0.3, -0.25) is 0 Å². The van der Waals surface area contributed by atoms with E-state index >= 15 is 0 Å². The summed E-state index contributed by atoms with van der Waals surface area (Å²) in [6.45, 7) is 4.58. The van der Waals surface area contributed by atoms with Crippen molar-refractivity contribution in [3.8, 4) is 112 Å². The Labute approximate surface area is 751 Å². The van der Waals surface area contributed by atoms with Crippen LogP contribution in [0.15, 0.2) is 388 Å². The minimum Gasteiger partial charge on any atom is -0.236 e. The molecule has 22 rings (SSSR count). The van der Waals surface area contributed by atoms with Gasteiger partial charge in [-0.2, -0.15) is 0 Å². The highest BCUT2D eigenvalue weighted by molar-refractivity contribution is 9.11. The first-order valence-corrected chi connectivity index (χ1v) is 42.6. The Kier molecular flexibility index (Phi) is 21.6. The van der Waals surface area contributed by atoms with Crippen molar-refractivity contribution < 1.29 is 6.85 Å². The largest absolute Gasteiger partial charge is 0.236 e. The molecule has 0 unspecified atom stereocenters. The molecule has 0 bridgehead atoms. The number of aromatic nitrogens is 15. The van der Waals surface area contributed by atoms with Gasteiger partial charge >= 0.3 is 0 Å². The lowest BCUT2D eigenvalue weighted by Crippen LogP contribution is -2.14. The van der Waals surface area contributed by atoms with Gasteiger partial charge in [0.1, 0.15) is 0 Å². The molecule has 21 aromatic rings. The monoisotopic (exact) mass is 1900 g/mol. The van der Waals surface area contributed by atoms with Crippen LogP contribution in [0.2, 0.25) is 0 Å². The van der Waals surface area contributed by atoms with Crippen LogP contribution < -0.4 is 0 Å². The van der Waals surface area contributed by atoms with Crippen molar-refractivity contribution in [1.29, 1.82) is 0 Å². The Morgan fingerprint density at radius 1 is 0.238 bits per heavy atom. The van der Waals surface area contributed by atoms with E-state index in [1.54, 1.807) is 43.1 Å². The van der Waals surface area contributed by atoms with E-state index in [4.69, 9.17) is 16.8 Å². The second-order valence-electron chi connectivity index (χ2n) is 28.6. The number of rotatable bonds is 9. The smallest absolute Gasteiger partial charge is 0.199 e. The molecule has 0 saturated heterocycles. The number of benzene rings is 11. The van der Waals surface area contributed by atoms with E-state index < -0.39 is 18.1 Å². The van der Waals surface area contributed by atoms with Gasteiger partial charge in [0.05, 0.1) is 35.3 Å². The molecule has 122 heavy (non-hydrogen) atoms. The molecule has 584 valence electrons. The minimum absolute atomic E-state index is 0.0275. The van der Waals surface area contributed by atoms with Gasteiger partial charge in [-0.25, -0.2) is 74.8 Å². The van der Waals surface area contributed by atoms with Gasteiger partial charge in [0.25, 0.3) is 0 Å². The standard InChI is InChI=1S/C25H16BrN3.C22H16BrN3.2C19H12BrN3.C17H10BrN3/c26-25-28-23(22-12-7-13-27-24(22)29-25)21-15-19(17-8-3-1-4-9-17)14-20(16-21)18-10-5-2-6-11-18;1-22(2)17-8-4-3-6-14(17)15-10-9-13(12-18(15)22)19-16-7-5-11-24-20(16)26-21(23)25-19;2*20-15-10-8-14(9-11-15)18-22-17(13-5-2-1-3-6-13)16-7-4-12-21-19(16)23-18;18-17-20-15(14-6-3-9-19-16(14)21-17)13-8-7-11-4-1-2-5-12(11)10-13/h1-16H;3-12H,1-2H3;2*1-12H;1-10H/i;;1D,2D,3D,5D,6D;;. The maximum absolute atomic E-state index is 8.29.